The fourth-order valence-corrected chi connectivity index (χ4v) is 4.39. The lowest BCUT2D eigenvalue weighted by molar-refractivity contribution is -0.584. The van der Waals surface area contributed by atoms with Crippen molar-refractivity contribution in [1.82, 2.24) is 4.90 Å². The lowest BCUT2D eigenvalue weighted by Gasteiger charge is -2.28. The van der Waals surface area contributed by atoms with Gasteiger partial charge in [-0.1, -0.05) is 60.7 Å². The maximum absolute atomic E-state index is 12.5. The number of nitrogens with zero attached hydrogens (tertiary/aromatic N) is 2. The normalized spacial score (nSPS) is 24.3. The van der Waals surface area contributed by atoms with E-state index in [-0.39, 0.29) is 31.1 Å². The Morgan fingerprint density at radius 3 is 2.38 bits per heavy atom. The molecule has 3 rings (SSSR count). The molecule has 7 nitrogen and oxygen atoms in total. The van der Waals surface area contributed by atoms with Crippen LogP contribution in [0.2, 0.25) is 0 Å². The van der Waals surface area contributed by atoms with Gasteiger partial charge in [0.2, 0.25) is 0 Å². The summed E-state index contributed by atoms with van der Waals surface area (Å²) in [5.74, 6) is -1.20. The van der Waals surface area contributed by atoms with Crippen LogP contribution >= 0.6 is 0 Å². The first-order valence-electron chi connectivity index (χ1n) is 9.77. The quantitative estimate of drug-likeness (QED) is 0.417. The molecule has 0 saturated carbocycles. The van der Waals surface area contributed by atoms with E-state index in [1.54, 1.807) is 37.3 Å². The van der Waals surface area contributed by atoms with Crippen molar-refractivity contribution in [2.75, 3.05) is 19.8 Å². The smallest absolute Gasteiger partial charge is 0.306 e. The molecule has 1 fully saturated rings. The lowest BCUT2D eigenvalue weighted by atomic mass is 9.76. The van der Waals surface area contributed by atoms with Gasteiger partial charge in [-0.05, 0) is 12.5 Å². The molecule has 1 aliphatic heterocycles. The van der Waals surface area contributed by atoms with Gasteiger partial charge in [-0.25, -0.2) is 0 Å². The Morgan fingerprint density at radius 1 is 1.21 bits per heavy atom. The summed E-state index contributed by atoms with van der Waals surface area (Å²) in [6.07, 6.45) is -0.125. The van der Waals surface area contributed by atoms with Crippen molar-refractivity contribution in [3.05, 3.63) is 81.9 Å². The van der Waals surface area contributed by atoms with E-state index in [0.717, 1.165) is 5.56 Å². The molecular formula is C22H26N2O5. The molecule has 154 valence electrons. The Bertz CT molecular complexity index is 830. The molecule has 0 aliphatic carbocycles. The standard InChI is InChI=1S/C22H26N2O5/c1-2-29-21(26)13-19-20(15-25)23(14-17-9-5-3-6-10-17)16-22(19,24(27)28)18-11-7-4-8-12-18/h3-12,19-20,25H,2,13-16H2,1H3/t19-,20-,22+/m0/s1. The minimum absolute atomic E-state index is 0.105. The Hall–Kier alpha value is -2.77. The van der Waals surface area contributed by atoms with Crippen LogP contribution in [-0.4, -0.2) is 46.7 Å². The van der Waals surface area contributed by atoms with E-state index in [4.69, 9.17) is 4.74 Å². The number of esters is 1. The highest BCUT2D eigenvalue weighted by Crippen LogP contribution is 2.46. The third-order valence-corrected chi connectivity index (χ3v) is 5.70. The van der Waals surface area contributed by atoms with E-state index in [1.165, 1.54) is 0 Å². The number of likely N-dealkylation sites (tertiary alicyclic amines) is 1. The highest BCUT2D eigenvalue weighted by molar-refractivity contribution is 5.70. The van der Waals surface area contributed by atoms with E-state index >= 15 is 0 Å². The molecule has 0 aromatic heterocycles. The molecule has 7 heteroatoms. The zero-order chi connectivity index (χ0) is 20.9. The van der Waals surface area contributed by atoms with Gasteiger partial charge in [0.05, 0.1) is 32.1 Å². The number of hydrogen-bond donors (Lipinski definition) is 1. The predicted octanol–water partition coefficient (Wildman–Crippen LogP) is 2.60. The van der Waals surface area contributed by atoms with Crippen molar-refractivity contribution < 1.29 is 19.6 Å². The van der Waals surface area contributed by atoms with Gasteiger partial charge in [0.25, 0.3) is 5.54 Å². The summed E-state index contributed by atoms with van der Waals surface area (Å²) in [5, 5.41) is 22.7. The lowest BCUT2D eigenvalue weighted by Crippen LogP contribution is -2.45. The molecule has 1 N–H and O–H groups in total. The molecular weight excluding hydrogens is 372 g/mol. The predicted molar refractivity (Wildman–Crippen MR) is 108 cm³/mol. The minimum Gasteiger partial charge on any atom is -0.466 e. The zero-order valence-electron chi connectivity index (χ0n) is 16.4. The van der Waals surface area contributed by atoms with Crippen molar-refractivity contribution >= 4 is 5.97 Å². The monoisotopic (exact) mass is 398 g/mol. The molecule has 3 atom stereocenters. The van der Waals surface area contributed by atoms with Crippen LogP contribution in [0.3, 0.4) is 0 Å². The maximum atomic E-state index is 12.5. The number of hydrogen-bond acceptors (Lipinski definition) is 6. The number of carbonyl (C=O) groups is 1. The largest absolute Gasteiger partial charge is 0.466 e. The molecule has 0 bridgehead atoms. The molecule has 0 amide bonds. The highest BCUT2D eigenvalue weighted by Gasteiger charge is 2.62. The molecule has 0 unspecified atom stereocenters. The average Bonchev–Trinajstić information content (AvgIpc) is 3.03. The van der Waals surface area contributed by atoms with Gasteiger partial charge in [0, 0.05) is 23.1 Å². The average molecular weight is 398 g/mol. The SMILES string of the molecule is CCOC(=O)C[C@H]1[C@H](CO)N(Cc2ccccc2)C[C@]1(c1ccccc1)[N+](=O)[O-]. The van der Waals surface area contributed by atoms with Gasteiger partial charge in [0.1, 0.15) is 0 Å². The second-order valence-electron chi connectivity index (χ2n) is 7.30. The van der Waals surface area contributed by atoms with Gasteiger partial charge in [-0.2, -0.15) is 0 Å². The van der Waals surface area contributed by atoms with Crippen LogP contribution in [-0.2, 0) is 21.6 Å². The molecule has 0 spiro atoms. The second kappa shape index (κ2) is 9.15. The zero-order valence-corrected chi connectivity index (χ0v) is 16.4. The summed E-state index contributed by atoms with van der Waals surface area (Å²) in [6.45, 7) is 2.19. The summed E-state index contributed by atoms with van der Waals surface area (Å²) in [6, 6.07) is 17.9. The fraction of sp³-hybridized carbons (Fsp3) is 0.409. The van der Waals surface area contributed by atoms with E-state index in [2.05, 4.69) is 0 Å². The first-order valence-corrected chi connectivity index (χ1v) is 9.77. The summed E-state index contributed by atoms with van der Waals surface area (Å²) < 4.78 is 5.10. The molecule has 2 aromatic rings. The van der Waals surface area contributed by atoms with Crippen LogP contribution in [0.25, 0.3) is 0 Å². The van der Waals surface area contributed by atoms with Crippen LogP contribution in [0, 0.1) is 16.0 Å². The number of aliphatic hydroxyl groups excluding tert-OH is 1. The number of ether oxygens (including phenoxy) is 1. The van der Waals surface area contributed by atoms with Crippen LogP contribution < -0.4 is 0 Å². The highest BCUT2D eigenvalue weighted by atomic mass is 16.6. The van der Waals surface area contributed by atoms with Crippen molar-refractivity contribution in [3.8, 4) is 0 Å². The van der Waals surface area contributed by atoms with Gasteiger partial charge < -0.3 is 9.84 Å². The van der Waals surface area contributed by atoms with E-state index in [9.17, 15) is 20.0 Å². The second-order valence-corrected chi connectivity index (χ2v) is 7.30. The third kappa shape index (κ3) is 4.16. The molecule has 1 aliphatic rings. The minimum atomic E-state index is -1.50. The summed E-state index contributed by atoms with van der Waals surface area (Å²) in [7, 11) is 0. The number of rotatable bonds is 8. The van der Waals surface area contributed by atoms with Gasteiger partial charge in [-0.15, -0.1) is 0 Å². The number of nitro groups is 1. The fourth-order valence-electron chi connectivity index (χ4n) is 4.39. The van der Waals surface area contributed by atoms with E-state index in [0.29, 0.717) is 12.1 Å². The molecule has 2 aromatic carbocycles. The van der Waals surface area contributed by atoms with Gasteiger partial charge in [0.15, 0.2) is 0 Å². The van der Waals surface area contributed by atoms with E-state index < -0.39 is 23.5 Å². The van der Waals surface area contributed by atoms with Crippen LogP contribution in [0.1, 0.15) is 24.5 Å². The van der Waals surface area contributed by atoms with Gasteiger partial charge >= 0.3 is 5.97 Å². The van der Waals surface area contributed by atoms with Crippen molar-refractivity contribution in [1.29, 1.82) is 0 Å². The van der Waals surface area contributed by atoms with Gasteiger partial charge in [-0.3, -0.25) is 19.8 Å². The molecule has 29 heavy (non-hydrogen) atoms. The van der Waals surface area contributed by atoms with E-state index in [1.807, 2.05) is 35.2 Å². The number of carbonyl (C=O) groups excluding carboxylic acids is 1. The molecule has 1 heterocycles. The Kier molecular flexibility index (Phi) is 6.61. The summed E-state index contributed by atoms with van der Waals surface area (Å²) in [4.78, 5) is 26.4. The maximum Gasteiger partial charge on any atom is 0.306 e. The Balaban J connectivity index is 2.04. The van der Waals surface area contributed by atoms with Crippen LogP contribution in [0.5, 0.6) is 0 Å². The summed E-state index contributed by atoms with van der Waals surface area (Å²) in [5.41, 5.74) is 0.0253. The van der Waals surface area contributed by atoms with Crippen molar-refractivity contribution in [3.63, 3.8) is 0 Å². The van der Waals surface area contributed by atoms with Crippen molar-refractivity contribution in [2.45, 2.75) is 31.5 Å². The number of benzene rings is 2. The third-order valence-electron chi connectivity index (χ3n) is 5.70. The molecule has 0 radical (unpaired) electrons. The van der Waals surface area contributed by atoms with Crippen LogP contribution in [0.4, 0.5) is 0 Å². The summed E-state index contributed by atoms with van der Waals surface area (Å²) >= 11 is 0. The first kappa shape index (κ1) is 21.0. The molecule has 1 saturated heterocycles. The Labute approximate surface area is 170 Å². The first-order chi connectivity index (χ1) is 14.0. The van der Waals surface area contributed by atoms with Crippen LogP contribution in [0.15, 0.2) is 60.7 Å². The Morgan fingerprint density at radius 2 is 1.83 bits per heavy atom. The van der Waals surface area contributed by atoms with Crippen molar-refractivity contribution in [2.24, 2.45) is 5.92 Å². The number of aliphatic hydroxyl groups is 1. The topological polar surface area (TPSA) is 92.9 Å².